The summed E-state index contributed by atoms with van der Waals surface area (Å²) in [6, 6.07) is 3.29. The van der Waals surface area contributed by atoms with Crippen LogP contribution in [0, 0.1) is 17.5 Å². The van der Waals surface area contributed by atoms with Crippen LogP contribution in [0.4, 0.5) is 4.39 Å². The lowest BCUT2D eigenvalue weighted by atomic mass is 10.2. The van der Waals surface area contributed by atoms with E-state index >= 15 is 0 Å². The number of halogens is 1. The SMILES string of the molecule is C=C(C)Cn1c(=S)[nH]c2cc(F)c(C)cc21. The summed E-state index contributed by atoms with van der Waals surface area (Å²) in [5.41, 5.74) is 3.29. The summed E-state index contributed by atoms with van der Waals surface area (Å²) >= 11 is 5.20. The predicted octanol–water partition coefficient (Wildman–Crippen LogP) is 3.72. The molecule has 0 unspecified atom stereocenters. The topological polar surface area (TPSA) is 20.7 Å². The van der Waals surface area contributed by atoms with Crippen molar-refractivity contribution in [3.63, 3.8) is 0 Å². The van der Waals surface area contributed by atoms with E-state index in [1.165, 1.54) is 6.07 Å². The molecule has 1 N–H and O–H groups in total. The van der Waals surface area contributed by atoms with Gasteiger partial charge in [-0.1, -0.05) is 12.2 Å². The van der Waals surface area contributed by atoms with E-state index in [0.717, 1.165) is 16.6 Å². The van der Waals surface area contributed by atoms with Gasteiger partial charge in [0.05, 0.1) is 11.0 Å². The van der Waals surface area contributed by atoms with Crippen LogP contribution >= 0.6 is 12.2 Å². The first-order chi connectivity index (χ1) is 7.49. The number of aryl methyl sites for hydroxylation is 1. The van der Waals surface area contributed by atoms with Gasteiger partial charge < -0.3 is 9.55 Å². The maximum Gasteiger partial charge on any atom is 0.178 e. The van der Waals surface area contributed by atoms with Gasteiger partial charge in [-0.05, 0) is 43.8 Å². The maximum atomic E-state index is 13.4. The monoisotopic (exact) mass is 236 g/mol. The van der Waals surface area contributed by atoms with Gasteiger partial charge in [-0.2, -0.15) is 0 Å². The molecule has 0 fully saturated rings. The molecule has 0 spiro atoms. The Morgan fingerprint density at radius 1 is 1.56 bits per heavy atom. The molecule has 0 saturated carbocycles. The van der Waals surface area contributed by atoms with E-state index in [2.05, 4.69) is 11.6 Å². The second-order valence-corrected chi connectivity index (χ2v) is 4.48. The van der Waals surface area contributed by atoms with Gasteiger partial charge in [0.25, 0.3) is 0 Å². The molecule has 2 aromatic rings. The zero-order valence-electron chi connectivity index (χ0n) is 9.30. The standard InChI is InChI=1S/C12H13FN2S/c1-7(2)6-15-11-4-8(3)9(13)5-10(11)14-12(15)16/h4-5H,1,6H2,2-3H3,(H,14,16). The Balaban J connectivity index is 2.74. The number of allylic oxidation sites excluding steroid dienone is 1. The van der Waals surface area contributed by atoms with Gasteiger partial charge >= 0.3 is 0 Å². The zero-order chi connectivity index (χ0) is 11.9. The Kier molecular flexibility index (Phi) is 2.68. The van der Waals surface area contributed by atoms with E-state index in [1.54, 1.807) is 13.0 Å². The van der Waals surface area contributed by atoms with E-state index < -0.39 is 0 Å². The molecule has 4 heteroatoms. The number of nitrogens with one attached hydrogen (secondary N) is 1. The van der Waals surface area contributed by atoms with Crippen molar-refractivity contribution >= 4 is 23.3 Å². The molecule has 16 heavy (non-hydrogen) atoms. The Hall–Kier alpha value is -1.42. The fourth-order valence-corrected chi connectivity index (χ4v) is 1.98. The summed E-state index contributed by atoms with van der Waals surface area (Å²) < 4.78 is 15.9. The molecule has 0 aliphatic heterocycles. The van der Waals surface area contributed by atoms with Gasteiger partial charge in [-0.3, -0.25) is 0 Å². The molecule has 0 amide bonds. The number of H-pyrrole nitrogens is 1. The number of fused-ring (bicyclic) bond motifs is 1. The number of hydrogen-bond donors (Lipinski definition) is 1. The summed E-state index contributed by atoms with van der Waals surface area (Å²) in [6.45, 7) is 8.21. The van der Waals surface area contributed by atoms with Crippen molar-refractivity contribution < 1.29 is 4.39 Å². The zero-order valence-corrected chi connectivity index (χ0v) is 10.1. The number of hydrogen-bond acceptors (Lipinski definition) is 1. The number of benzene rings is 1. The van der Waals surface area contributed by atoms with Crippen LogP contribution in [-0.4, -0.2) is 9.55 Å². The summed E-state index contributed by atoms with van der Waals surface area (Å²) in [4.78, 5) is 3.00. The molecule has 0 bridgehead atoms. The smallest absolute Gasteiger partial charge is 0.178 e. The lowest BCUT2D eigenvalue weighted by molar-refractivity contribution is 0.620. The third kappa shape index (κ3) is 1.80. The van der Waals surface area contributed by atoms with E-state index in [9.17, 15) is 4.39 Å². The number of aromatic amines is 1. The molecule has 2 nitrogen and oxygen atoms in total. The van der Waals surface area contributed by atoms with Crippen molar-refractivity contribution in [3.05, 3.63) is 40.4 Å². The summed E-state index contributed by atoms with van der Waals surface area (Å²) in [5, 5.41) is 0. The van der Waals surface area contributed by atoms with Crippen molar-refractivity contribution in [2.75, 3.05) is 0 Å². The molecule has 0 aliphatic rings. The molecule has 0 aliphatic carbocycles. The van der Waals surface area contributed by atoms with Crippen LogP contribution in [0.15, 0.2) is 24.3 Å². The average Bonchev–Trinajstić information content (AvgIpc) is 2.45. The van der Waals surface area contributed by atoms with E-state index in [-0.39, 0.29) is 5.82 Å². The molecular formula is C12H13FN2S. The molecule has 0 saturated heterocycles. The van der Waals surface area contributed by atoms with Crippen LogP contribution in [0.25, 0.3) is 11.0 Å². The van der Waals surface area contributed by atoms with E-state index in [4.69, 9.17) is 12.2 Å². The van der Waals surface area contributed by atoms with Crippen molar-refractivity contribution in [2.45, 2.75) is 20.4 Å². The quantitative estimate of drug-likeness (QED) is 0.622. The third-order valence-corrected chi connectivity index (χ3v) is 2.80. The van der Waals surface area contributed by atoms with Crippen LogP contribution in [0.1, 0.15) is 12.5 Å². The Morgan fingerprint density at radius 2 is 2.25 bits per heavy atom. The molecule has 0 atom stereocenters. The Morgan fingerprint density at radius 3 is 2.88 bits per heavy atom. The van der Waals surface area contributed by atoms with E-state index in [1.807, 2.05) is 11.5 Å². The first-order valence-electron chi connectivity index (χ1n) is 5.02. The van der Waals surface area contributed by atoms with Crippen LogP contribution in [0.2, 0.25) is 0 Å². The van der Waals surface area contributed by atoms with Gasteiger partial charge in [0.15, 0.2) is 4.77 Å². The van der Waals surface area contributed by atoms with Gasteiger partial charge in [0.1, 0.15) is 5.82 Å². The van der Waals surface area contributed by atoms with Gasteiger partial charge in [0, 0.05) is 6.54 Å². The highest BCUT2D eigenvalue weighted by Crippen LogP contribution is 2.19. The van der Waals surface area contributed by atoms with Gasteiger partial charge in [-0.15, -0.1) is 0 Å². The molecule has 1 aromatic heterocycles. The first kappa shape index (κ1) is 11.1. The second-order valence-electron chi connectivity index (χ2n) is 4.09. The van der Waals surface area contributed by atoms with Crippen molar-refractivity contribution in [2.24, 2.45) is 0 Å². The van der Waals surface area contributed by atoms with Crippen molar-refractivity contribution in [1.29, 1.82) is 0 Å². The molecule has 1 aromatic carbocycles. The maximum absolute atomic E-state index is 13.4. The van der Waals surface area contributed by atoms with Crippen LogP contribution in [0.5, 0.6) is 0 Å². The van der Waals surface area contributed by atoms with Crippen molar-refractivity contribution in [1.82, 2.24) is 9.55 Å². The Labute approximate surface area is 98.4 Å². The first-order valence-corrected chi connectivity index (χ1v) is 5.43. The fraction of sp³-hybridized carbons (Fsp3) is 0.250. The molecule has 1 heterocycles. The highest BCUT2D eigenvalue weighted by Gasteiger charge is 2.07. The Bertz CT molecular complexity index is 622. The molecular weight excluding hydrogens is 223 g/mol. The fourth-order valence-electron chi connectivity index (χ4n) is 1.71. The number of rotatable bonds is 2. The number of nitrogens with zero attached hydrogens (tertiary/aromatic N) is 1. The van der Waals surface area contributed by atoms with Crippen LogP contribution in [-0.2, 0) is 6.54 Å². The van der Waals surface area contributed by atoms with Gasteiger partial charge in [0.2, 0.25) is 0 Å². The van der Waals surface area contributed by atoms with Gasteiger partial charge in [-0.25, -0.2) is 4.39 Å². The van der Waals surface area contributed by atoms with E-state index in [0.29, 0.717) is 16.9 Å². The summed E-state index contributed by atoms with van der Waals surface area (Å²) in [7, 11) is 0. The third-order valence-electron chi connectivity index (χ3n) is 2.48. The van der Waals surface area contributed by atoms with Crippen LogP contribution < -0.4 is 0 Å². The lowest BCUT2D eigenvalue weighted by Crippen LogP contribution is -1.98. The minimum atomic E-state index is -0.216. The highest BCUT2D eigenvalue weighted by molar-refractivity contribution is 7.71. The minimum Gasteiger partial charge on any atom is -0.330 e. The number of imidazole rings is 1. The molecule has 84 valence electrons. The number of aromatic nitrogens is 2. The second kappa shape index (κ2) is 3.87. The molecule has 0 radical (unpaired) electrons. The summed E-state index contributed by atoms with van der Waals surface area (Å²) in [6.07, 6.45) is 0. The minimum absolute atomic E-state index is 0.216. The predicted molar refractivity (Wildman–Crippen MR) is 66.6 cm³/mol. The lowest BCUT2D eigenvalue weighted by Gasteiger charge is -2.04. The largest absolute Gasteiger partial charge is 0.330 e. The normalized spacial score (nSPS) is 10.9. The molecule has 2 rings (SSSR count). The van der Waals surface area contributed by atoms with Crippen LogP contribution in [0.3, 0.4) is 0 Å². The van der Waals surface area contributed by atoms with Crippen molar-refractivity contribution in [3.8, 4) is 0 Å². The highest BCUT2D eigenvalue weighted by atomic mass is 32.1. The summed E-state index contributed by atoms with van der Waals surface area (Å²) in [5.74, 6) is -0.216. The average molecular weight is 236 g/mol.